The number of nitrogens with zero attached hydrogens (tertiary/aromatic N) is 2. The van der Waals surface area contributed by atoms with Gasteiger partial charge in [0.05, 0.1) is 12.6 Å². The number of hydrogen-bond acceptors (Lipinski definition) is 6. The van der Waals surface area contributed by atoms with Gasteiger partial charge in [0, 0.05) is 18.5 Å². The van der Waals surface area contributed by atoms with Crippen molar-refractivity contribution in [3.8, 4) is 0 Å². The van der Waals surface area contributed by atoms with Gasteiger partial charge in [0.2, 0.25) is 0 Å². The molecule has 2 unspecified atom stereocenters. The normalized spacial score (nSPS) is 21.5. The summed E-state index contributed by atoms with van der Waals surface area (Å²) in [4.78, 5) is 18.7. The molecule has 2 atom stereocenters. The highest BCUT2D eigenvalue weighted by atomic mass is 35.5. The van der Waals surface area contributed by atoms with Crippen molar-refractivity contribution in [3.05, 3.63) is 38.5 Å². The number of ether oxygens (including phenoxy) is 1. The lowest BCUT2D eigenvalue weighted by Gasteiger charge is -2.36. The Kier molecular flexibility index (Phi) is 5.94. The third kappa shape index (κ3) is 3.67. The molecule has 2 aromatic rings. The first-order valence-corrected chi connectivity index (χ1v) is 8.61. The van der Waals surface area contributed by atoms with Crippen LogP contribution in [0.15, 0.2) is 22.2 Å². The van der Waals surface area contributed by atoms with E-state index >= 15 is 0 Å². The van der Waals surface area contributed by atoms with E-state index in [1.54, 1.807) is 16.7 Å². The highest BCUT2D eigenvalue weighted by Crippen LogP contribution is 2.27. The molecule has 0 aromatic carbocycles. The van der Waals surface area contributed by atoms with Crippen LogP contribution in [-0.2, 0) is 11.3 Å². The van der Waals surface area contributed by atoms with Gasteiger partial charge in [0.25, 0.3) is 5.91 Å². The minimum Gasteiger partial charge on any atom is -0.367 e. The minimum absolute atomic E-state index is 0. The largest absolute Gasteiger partial charge is 0.367 e. The van der Waals surface area contributed by atoms with Crippen LogP contribution < -0.4 is 5.73 Å². The summed E-state index contributed by atoms with van der Waals surface area (Å²) in [5.74, 6) is -0.0404. The number of morpholine rings is 1. The molecule has 22 heavy (non-hydrogen) atoms. The molecule has 2 N–H and O–H groups in total. The third-order valence-corrected chi connectivity index (χ3v) is 4.98. The van der Waals surface area contributed by atoms with Gasteiger partial charge in [-0.15, -0.1) is 23.7 Å². The van der Waals surface area contributed by atoms with Crippen molar-refractivity contribution < 1.29 is 9.53 Å². The predicted octanol–water partition coefficient (Wildman–Crippen LogP) is 2.69. The molecule has 3 rings (SSSR count). The second-order valence-electron chi connectivity index (χ2n) is 5.03. The summed E-state index contributed by atoms with van der Waals surface area (Å²) >= 11 is 3.07. The Morgan fingerprint density at radius 2 is 2.32 bits per heavy atom. The number of carbonyl (C=O) groups is 1. The summed E-state index contributed by atoms with van der Waals surface area (Å²) in [6.07, 6.45) is -0.0446. The Hall–Kier alpha value is -0.990. The molecule has 1 fully saturated rings. The van der Waals surface area contributed by atoms with E-state index in [0.717, 1.165) is 10.6 Å². The van der Waals surface area contributed by atoms with E-state index in [4.69, 9.17) is 10.5 Å². The molecule has 3 heterocycles. The Balaban J connectivity index is 0.00000176. The summed E-state index contributed by atoms with van der Waals surface area (Å²) < 4.78 is 5.95. The van der Waals surface area contributed by atoms with E-state index in [0.29, 0.717) is 25.3 Å². The van der Waals surface area contributed by atoms with Crippen molar-refractivity contribution in [2.24, 2.45) is 5.73 Å². The molecule has 2 aromatic heterocycles. The molecule has 1 aliphatic rings. The van der Waals surface area contributed by atoms with E-state index in [1.165, 1.54) is 11.3 Å². The Morgan fingerprint density at radius 1 is 1.50 bits per heavy atom. The van der Waals surface area contributed by atoms with Crippen LogP contribution in [0.4, 0.5) is 0 Å². The van der Waals surface area contributed by atoms with Crippen LogP contribution in [0.3, 0.4) is 0 Å². The lowest BCUT2D eigenvalue weighted by Crippen LogP contribution is -2.46. The predicted molar refractivity (Wildman–Crippen MR) is 90.8 cm³/mol. The summed E-state index contributed by atoms with van der Waals surface area (Å²) in [6, 6.07) is 2.05. The highest BCUT2D eigenvalue weighted by Gasteiger charge is 2.30. The molecule has 5 nitrogen and oxygen atoms in total. The molecule has 120 valence electrons. The maximum absolute atomic E-state index is 12.6. The molecule has 0 saturated carbocycles. The monoisotopic (exact) mass is 359 g/mol. The number of halogens is 1. The number of thiazole rings is 1. The average Bonchev–Trinajstić information content (AvgIpc) is 3.17. The SMILES string of the molecule is CC1CN(C(=O)c2csc(CN)n2)CC(c2ccsc2)O1.Cl. The van der Waals surface area contributed by atoms with Gasteiger partial charge >= 0.3 is 0 Å². The first-order valence-electron chi connectivity index (χ1n) is 6.78. The fraction of sp³-hybridized carbons (Fsp3) is 0.429. The van der Waals surface area contributed by atoms with Crippen LogP contribution in [0.25, 0.3) is 0 Å². The van der Waals surface area contributed by atoms with Crippen molar-refractivity contribution >= 4 is 41.0 Å². The molecule has 0 aliphatic carbocycles. The molecular formula is C14H18ClN3O2S2. The first-order chi connectivity index (χ1) is 10.2. The van der Waals surface area contributed by atoms with E-state index < -0.39 is 0 Å². The summed E-state index contributed by atoms with van der Waals surface area (Å²) in [5, 5.41) is 6.66. The number of hydrogen-bond donors (Lipinski definition) is 1. The van der Waals surface area contributed by atoms with Gasteiger partial charge in [-0.2, -0.15) is 11.3 Å². The molecule has 0 spiro atoms. The van der Waals surface area contributed by atoms with Gasteiger partial charge in [0.15, 0.2) is 0 Å². The molecule has 1 amide bonds. The maximum atomic E-state index is 12.6. The van der Waals surface area contributed by atoms with Crippen LogP contribution >= 0.6 is 35.1 Å². The van der Waals surface area contributed by atoms with Gasteiger partial charge in [-0.25, -0.2) is 4.98 Å². The molecule has 1 aliphatic heterocycles. The lowest BCUT2D eigenvalue weighted by atomic mass is 10.1. The topological polar surface area (TPSA) is 68.5 Å². The van der Waals surface area contributed by atoms with E-state index in [1.807, 2.05) is 23.3 Å². The van der Waals surface area contributed by atoms with Crippen LogP contribution in [0, 0.1) is 0 Å². The fourth-order valence-corrected chi connectivity index (χ4v) is 3.77. The van der Waals surface area contributed by atoms with E-state index in [-0.39, 0.29) is 30.5 Å². The molecule has 0 radical (unpaired) electrons. The van der Waals surface area contributed by atoms with Crippen molar-refractivity contribution in [1.82, 2.24) is 9.88 Å². The van der Waals surface area contributed by atoms with Gasteiger partial charge in [-0.05, 0) is 29.3 Å². The Morgan fingerprint density at radius 3 is 2.95 bits per heavy atom. The Bertz CT molecular complexity index is 617. The minimum atomic E-state index is -0.0587. The van der Waals surface area contributed by atoms with Crippen molar-refractivity contribution in [3.63, 3.8) is 0 Å². The number of nitrogens with two attached hydrogens (primary N) is 1. The van der Waals surface area contributed by atoms with Gasteiger partial charge in [-0.3, -0.25) is 4.79 Å². The molecular weight excluding hydrogens is 342 g/mol. The van der Waals surface area contributed by atoms with Crippen molar-refractivity contribution in [2.45, 2.75) is 25.7 Å². The van der Waals surface area contributed by atoms with E-state index in [2.05, 4.69) is 10.4 Å². The van der Waals surface area contributed by atoms with E-state index in [9.17, 15) is 4.79 Å². The van der Waals surface area contributed by atoms with Crippen molar-refractivity contribution in [1.29, 1.82) is 0 Å². The molecule has 8 heteroatoms. The smallest absolute Gasteiger partial charge is 0.273 e. The standard InChI is InChI=1S/C14H17N3O2S2.ClH/c1-9-5-17(6-12(19-9)10-2-3-20-7-10)14(18)11-8-21-13(4-15)16-11;/h2-3,7-9,12H,4-6,15H2,1H3;1H. The quantitative estimate of drug-likeness (QED) is 0.914. The van der Waals surface area contributed by atoms with Gasteiger partial charge in [0.1, 0.15) is 16.8 Å². The second kappa shape index (κ2) is 7.52. The Labute approximate surface area is 143 Å². The average molecular weight is 360 g/mol. The highest BCUT2D eigenvalue weighted by molar-refractivity contribution is 7.09. The number of rotatable bonds is 3. The maximum Gasteiger partial charge on any atom is 0.273 e. The fourth-order valence-electron chi connectivity index (χ4n) is 2.42. The van der Waals surface area contributed by atoms with Gasteiger partial charge < -0.3 is 15.4 Å². The summed E-state index contributed by atoms with van der Waals surface area (Å²) in [6.45, 7) is 3.52. The van der Waals surface area contributed by atoms with Crippen LogP contribution in [0.2, 0.25) is 0 Å². The van der Waals surface area contributed by atoms with Crippen LogP contribution in [0.1, 0.15) is 34.1 Å². The molecule has 0 bridgehead atoms. The molecule has 1 saturated heterocycles. The number of amides is 1. The number of aromatic nitrogens is 1. The third-order valence-electron chi connectivity index (χ3n) is 3.41. The number of carbonyl (C=O) groups excluding carboxylic acids is 1. The zero-order valence-electron chi connectivity index (χ0n) is 12.1. The van der Waals surface area contributed by atoms with Gasteiger partial charge in [-0.1, -0.05) is 0 Å². The zero-order chi connectivity index (χ0) is 14.8. The summed E-state index contributed by atoms with van der Waals surface area (Å²) in [7, 11) is 0. The lowest BCUT2D eigenvalue weighted by molar-refractivity contribution is -0.0691. The summed E-state index contributed by atoms with van der Waals surface area (Å²) in [5.41, 5.74) is 7.17. The van der Waals surface area contributed by atoms with Crippen LogP contribution in [0.5, 0.6) is 0 Å². The first kappa shape index (κ1) is 17.4. The van der Waals surface area contributed by atoms with Crippen molar-refractivity contribution in [2.75, 3.05) is 13.1 Å². The second-order valence-corrected chi connectivity index (χ2v) is 6.76. The van der Waals surface area contributed by atoms with Crippen LogP contribution in [-0.4, -0.2) is 35.0 Å². The zero-order valence-corrected chi connectivity index (χ0v) is 14.5. The number of thiophene rings is 1.